The number of nitrogens with one attached hydrogen (secondary N) is 2. The van der Waals surface area contributed by atoms with Crippen molar-refractivity contribution in [3.63, 3.8) is 0 Å². The van der Waals surface area contributed by atoms with Gasteiger partial charge in [0, 0.05) is 22.3 Å². The molecular formula is C15H10ClN5. The quantitative estimate of drug-likeness (QED) is 0.588. The standard InChI is InChI=1S/C15H10ClN5/c16-9-3-1-4-10(7-9)20-14-12-11-5-2-6-17-13(11)21-15(12)19-8-18-14/h1-8H,(H2,17,18,19,20,21). The second kappa shape index (κ2) is 4.71. The van der Waals surface area contributed by atoms with E-state index in [1.165, 1.54) is 6.33 Å². The first-order valence-corrected chi connectivity index (χ1v) is 6.79. The summed E-state index contributed by atoms with van der Waals surface area (Å²) >= 11 is 6.01. The maximum absolute atomic E-state index is 6.01. The van der Waals surface area contributed by atoms with Crippen LogP contribution in [0.3, 0.4) is 0 Å². The molecule has 5 nitrogen and oxygen atoms in total. The molecule has 0 unspecified atom stereocenters. The molecule has 3 aromatic heterocycles. The van der Waals surface area contributed by atoms with Gasteiger partial charge in [-0.15, -0.1) is 0 Å². The van der Waals surface area contributed by atoms with Crippen LogP contribution in [-0.4, -0.2) is 19.9 Å². The van der Waals surface area contributed by atoms with E-state index in [0.29, 0.717) is 5.02 Å². The minimum atomic E-state index is 0.672. The Morgan fingerprint density at radius 3 is 2.86 bits per heavy atom. The minimum Gasteiger partial charge on any atom is -0.340 e. The Morgan fingerprint density at radius 1 is 1.00 bits per heavy atom. The predicted octanol–water partition coefficient (Wildman–Crippen LogP) is 3.90. The maximum Gasteiger partial charge on any atom is 0.145 e. The van der Waals surface area contributed by atoms with Gasteiger partial charge in [0.15, 0.2) is 0 Å². The van der Waals surface area contributed by atoms with Crippen molar-refractivity contribution >= 4 is 45.2 Å². The summed E-state index contributed by atoms with van der Waals surface area (Å²) in [6.07, 6.45) is 3.26. The number of rotatable bonds is 2. The Labute approximate surface area is 125 Å². The smallest absolute Gasteiger partial charge is 0.145 e. The SMILES string of the molecule is Clc1cccc(Nc2ncnc3[nH]c4ncccc4c23)c1. The zero-order valence-corrected chi connectivity index (χ0v) is 11.6. The van der Waals surface area contributed by atoms with Crippen molar-refractivity contribution in [3.05, 3.63) is 53.9 Å². The van der Waals surface area contributed by atoms with Gasteiger partial charge in [0.05, 0.1) is 5.39 Å². The van der Waals surface area contributed by atoms with Gasteiger partial charge < -0.3 is 10.3 Å². The van der Waals surface area contributed by atoms with E-state index in [9.17, 15) is 0 Å². The summed E-state index contributed by atoms with van der Waals surface area (Å²) in [7, 11) is 0. The number of halogens is 1. The predicted molar refractivity (Wildman–Crippen MR) is 83.9 cm³/mol. The first-order valence-electron chi connectivity index (χ1n) is 6.41. The van der Waals surface area contributed by atoms with Crippen LogP contribution in [0.2, 0.25) is 5.02 Å². The lowest BCUT2D eigenvalue weighted by Crippen LogP contribution is -1.95. The van der Waals surface area contributed by atoms with Crippen LogP contribution in [0.15, 0.2) is 48.9 Å². The lowest BCUT2D eigenvalue weighted by Gasteiger charge is -2.06. The molecule has 21 heavy (non-hydrogen) atoms. The minimum absolute atomic E-state index is 0.672. The molecule has 0 aliphatic carbocycles. The van der Waals surface area contributed by atoms with E-state index in [2.05, 4.69) is 25.3 Å². The van der Waals surface area contributed by atoms with Crippen molar-refractivity contribution < 1.29 is 0 Å². The zero-order valence-electron chi connectivity index (χ0n) is 10.8. The molecular weight excluding hydrogens is 286 g/mol. The molecule has 0 bridgehead atoms. The van der Waals surface area contributed by atoms with Crippen LogP contribution in [-0.2, 0) is 0 Å². The average molecular weight is 296 g/mol. The third-order valence-electron chi connectivity index (χ3n) is 3.25. The molecule has 6 heteroatoms. The van der Waals surface area contributed by atoms with Gasteiger partial charge in [-0.2, -0.15) is 0 Å². The normalized spacial score (nSPS) is 11.1. The van der Waals surface area contributed by atoms with Crippen LogP contribution < -0.4 is 5.32 Å². The van der Waals surface area contributed by atoms with Crippen LogP contribution in [0, 0.1) is 0 Å². The van der Waals surface area contributed by atoms with Crippen molar-refractivity contribution in [2.24, 2.45) is 0 Å². The summed E-state index contributed by atoms with van der Waals surface area (Å²) in [4.78, 5) is 16.1. The van der Waals surface area contributed by atoms with Gasteiger partial charge in [0.2, 0.25) is 0 Å². The molecule has 0 saturated heterocycles. The number of benzene rings is 1. The number of anilines is 2. The molecule has 0 spiro atoms. The molecule has 3 heterocycles. The maximum atomic E-state index is 6.01. The van der Waals surface area contributed by atoms with Crippen molar-refractivity contribution in [3.8, 4) is 0 Å². The largest absolute Gasteiger partial charge is 0.340 e. The lowest BCUT2D eigenvalue weighted by atomic mass is 10.2. The molecule has 0 aliphatic heterocycles. The summed E-state index contributed by atoms with van der Waals surface area (Å²) in [6, 6.07) is 11.4. The highest BCUT2D eigenvalue weighted by Gasteiger charge is 2.11. The van der Waals surface area contributed by atoms with Crippen molar-refractivity contribution in [1.82, 2.24) is 19.9 Å². The molecule has 4 rings (SSSR count). The molecule has 0 fully saturated rings. The van der Waals surface area contributed by atoms with Crippen LogP contribution >= 0.6 is 11.6 Å². The number of hydrogen-bond donors (Lipinski definition) is 2. The number of pyridine rings is 1. The molecule has 0 amide bonds. The topological polar surface area (TPSA) is 66.5 Å². The second-order valence-electron chi connectivity index (χ2n) is 4.61. The molecule has 0 aliphatic rings. The lowest BCUT2D eigenvalue weighted by molar-refractivity contribution is 1.20. The van der Waals surface area contributed by atoms with E-state index in [4.69, 9.17) is 11.6 Å². The van der Waals surface area contributed by atoms with Crippen LogP contribution in [0.25, 0.3) is 22.1 Å². The molecule has 0 saturated carbocycles. The zero-order chi connectivity index (χ0) is 14.2. The van der Waals surface area contributed by atoms with E-state index in [1.54, 1.807) is 6.20 Å². The highest BCUT2D eigenvalue weighted by atomic mass is 35.5. The Hall–Kier alpha value is -2.66. The highest BCUT2D eigenvalue weighted by molar-refractivity contribution is 6.30. The van der Waals surface area contributed by atoms with E-state index in [1.807, 2.05) is 36.4 Å². The number of hydrogen-bond acceptors (Lipinski definition) is 4. The van der Waals surface area contributed by atoms with Crippen molar-refractivity contribution in [1.29, 1.82) is 0 Å². The highest BCUT2D eigenvalue weighted by Crippen LogP contribution is 2.29. The van der Waals surface area contributed by atoms with E-state index in [-0.39, 0.29) is 0 Å². The first-order chi connectivity index (χ1) is 10.3. The van der Waals surface area contributed by atoms with Crippen LogP contribution in [0.1, 0.15) is 0 Å². The fourth-order valence-electron chi connectivity index (χ4n) is 2.35. The van der Waals surface area contributed by atoms with Gasteiger partial charge in [-0.3, -0.25) is 0 Å². The van der Waals surface area contributed by atoms with Gasteiger partial charge in [0.25, 0.3) is 0 Å². The molecule has 2 N–H and O–H groups in total. The van der Waals surface area contributed by atoms with Gasteiger partial charge in [-0.25, -0.2) is 15.0 Å². The van der Waals surface area contributed by atoms with Crippen LogP contribution in [0.4, 0.5) is 11.5 Å². The van der Waals surface area contributed by atoms with Gasteiger partial charge in [-0.05, 0) is 30.3 Å². The Morgan fingerprint density at radius 2 is 1.95 bits per heavy atom. The summed E-state index contributed by atoms with van der Waals surface area (Å²) in [5.74, 6) is 0.724. The molecule has 102 valence electrons. The van der Waals surface area contributed by atoms with Crippen LogP contribution in [0.5, 0.6) is 0 Å². The van der Waals surface area contributed by atoms with Gasteiger partial charge >= 0.3 is 0 Å². The van der Waals surface area contributed by atoms with Crippen molar-refractivity contribution in [2.45, 2.75) is 0 Å². The Balaban J connectivity index is 1.92. The number of fused-ring (bicyclic) bond motifs is 3. The van der Waals surface area contributed by atoms with E-state index >= 15 is 0 Å². The molecule has 1 aromatic carbocycles. The average Bonchev–Trinajstić information content (AvgIpc) is 2.87. The Kier molecular flexibility index (Phi) is 2.72. The number of aromatic amines is 1. The summed E-state index contributed by atoms with van der Waals surface area (Å²) < 4.78 is 0. The van der Waals surface area contributed by atoms with E-state index < -0.39 is 0 Å². The first kappa shape index (κ1) is 12.1. The number of H-pyrrole nitrogens is 1. The molecule has 4 aromatic rings. The molecule has 0 radical (unpaired) electrons. The Bertz CT molecular complexity index is 947. The second-order valence-corrected chi connectivity index (χ2v) is 5.04. The third kappa shape index (κ3) is 2.08. The van der Waals surface area contributed by atoms with E-state index in [0.717, 1.165) is 33.6 Å². The third-order valence-corrected chi connectivity index (χ3v) is 3.48. The summed E-state index contributed by atoms with van der Waals surface area (Å²) in [6.45, 7) is 0. The van der Waals surface area contributed by atoms with Gasteiger partial charge in [0.1, 0.15) is 23.4 Å². The monoisotopic (exact) mass is 295 g/mol. The summed E-state index contributed by atoms with van der Waals surface area (Å²) in [5.41, 5.74) is 2.42. The fraction of sp³-hybridized carbons (Fsp3) is 0. The van der Waals surface area contributed by atoms with Gasteiger partial charge in [-0.1, -0.05) is 17.7 Å². The van der Waals surface area contributed by atoms with Crippen molar-refractivity contribution in [2.75, 3.05) is 5.32 Å². The summed E-state index contributed by atoms with van der Waals surface area (Å²) in [5, 5.41) is 5.86. The fourth-order valence-corrected chi connectivity index (χ4v) is 2.54. The molecule has 0 atom stereocenters. The number of aromatic nitrogens is 4. The number of nitrogens with zero attached hydrogens (tertiary/aromatic N) is 3.